The zero-order valence-corrected chi connectivity index (χ0v) is 16.9. The van der Waals surface area contributed by atoms with Crippen molar-refractivity contribution in [2.24, 2.45) is 4.99 Å². The number of aryl methyl sites for hydroxylation is 1. The number of hydrogen-bond acceptors (Lipinski definition) is 3. The summed E-state index contributed by atoms with van der Waals surface area (Å²) in [5.74, 6) is 0.856. The van der Waals surface area contributed by atoms with Crippen LogP contribution in [0.15, 0.2) is 64.5 Å². The van der Waals surface area contributed by atoms with Gasteiger partial charge in [-0.3, -0.25) is 14.6 Å². The van der Waals surface area contributed by atoms with E-state index < -0.39 is 0 Å². The molecule has 29 heavy (non-hydrogen) atoms. The van der Waals surface area contributed by atoms with Crippen molar-refractivity contribution in [1.29, 1.82) is 0 Å². The molecule has 0 aliphatic carbocycles. The van der Waals surface area contributed by atoms with Gasteiger partial charge >= 0.3 is 0 Å². The minimum absolute atomic E-state index is 0.0277. The summed E-state index contributed by atoms with van der Waals surface area (Å²) in [6.45, 7) is 4.77. The number of benzene rings is 1. The highest BCUT2D eigenvalue weighted by atomic mass is 16.2. The zero-order chi connectivity index (χ0) is 20.5. The monoisotopic (exact) mass is 395 g/mol. The molecule has 0 saturated carbocycles. The molecule has 7 nitrogen and oxygen atoms in total. The van der Waals surface area contributed by atoms with Crippen molar-refractivity contribution < 1.29 is 4.79 Å². The molecule has 1 aromatic heterocycles. The number of amides is 1. The predicted octanol–water partition coefficient (Wildman–Crippen LogP) is 1.99. The predicted molar refractivity (Wildman–Crippen MR) is 116 cm³/mol. The van der Waals surface area contributed by atoms with E-state index in [-0.39, 0.29) is 17.5 Å². The maximum atomic E-state index is 12.4. The first kappa shape index (κ1) is 20.6. The molecule has 2 N–H and O–H groups in total. The molecule has 0 radical (unpaired) electrons. The van der Waals surface area contributed by atoms with E-state index in [2.05, 4.69) is 15.6 Å². The summed E-state index contributed by atoms with van der Waals surface area (Å²) in [5.41, 5.74) is 0.958. The van der Waals surface area contributed by atoms with E-state index in [1.54, 1.807) is 16.7 Å². The van der Waals surface area contributed by atoms with Gasteiger partial charge in [-0.2, -0.15) is 0 Å². The Balaban J connectivity index is 1.48. The van der Waals surface area contributed by atoms with E-state index in [0.717, 1.165) is 31.0 Å². The number of hydrogen-bond donors (Lipinski definition) is 2. The number of anilines is 1. The SMILES string of the molecule is CCNC(=NCCCCn1ccccc1=O)NC1CC(=O)N(c2ccccc2)C1. The van der Waals surface area contributed by atoms with Crippen molar-refractivity contribution in [3.63, 3.8) is 0 Å². The van der Waals surface area contributed by atoms with Gasteiger partial charge < -0.3 is 20.1 Å². The molecule has 0 bridgehead atoms. The summed E-state index contributed by atoms with van der Waals surface area (Å²) in [4.78, 5) is 30.5. The quantitative estimate of drug-likeness (QED) is 0.407. The lowest BCUT2D eigenvalue weighted by atomic mass is 10.2. The van der Waals surface area contributed by atoms with Gasteiger partial charge in [-0.05, 0) is 38.0 Å². The highest BCUT2D eigenvalue weighted by Crippen LogP contribution is 2.20. The van der Waals surface area contributed by atoms with Crippen LogP contribution in [0.1, 0.15) is 26.2 Å². The number of para-hydroxylation sites is 1. The average Bonchev–Trinajstić information content (AvgIpc) is 3.10. The van der Waals surface area contributed by atoms with Gasteiger partial charge in [0.15, 0.2) is 5.96 Å². The van der Waals surface area contributed by atoms with E-state index in [1.807, 2.05) is 54.4 Å². The van der Waals surface area contributed by atoms with Gasteiger partial charge in [0.2, 0.25) is 11.5 Å². The topological polar surface area (TPSA) is 78.7 Å². The van der Waals surface area contributed by atoms with Crippen molar-refractivity contribution in [2.45, 2.75) is 38.8 Å². The van der Waals surface area contributed by atoms with E-state index >= 15 is 0 Å². The molecule has 1 aliphatic heterocycles. The largest absolute Gasteiger partial charge is 0.357 e. The minimum Gasteiger partial charge on any atom is -0.357 e. The third kappa shape index (κ3) is 5.94. The molecule has 2 aromatic rings. The Bertz CT molecular complexity index is 878. The van der Waals surface area contributed by atoms with Crippen LogP contribution in [0.5, 0.6) is 0 Å². The van der Waals surface area contributed by atoms with Crippen LogP contribution in [-0.4, -0.2) is 42.1 Å². The standard InChI is InChI=1S/C22H29N5O2/c1-2-23-22(24-13-7-9-15-26-14-8-6-12-20(26)28)25-18-16-21(29)27(17-18)19-10-4-3-5-11-19/h3-6,8,10-12,14,18H,2,7,9,13,15-17H2,1H3,(H2,23,24,25). The number of nitrogens with zero attached hydrogens (tertiary/aromatic N) is 3. The van der Waals surface area contributed by atoms with Crippen molar-refractivity contribution in [1.82, 2.24) is 15.2 Å². The van der Waals surface area contributed by atoms with Gasteiger partial charge in [0.1, 0.15) is 0 Å². The van der Waals surface area contributed by atoms with Gasteiger partial charge in [-0.25, -0.2) is 0 Å². The van der Waals surface area contributed by atoms with Crippen molar-refractivity contribution in [2.75, 3.05) is 24.5 Å². The second-order valence-electron chi connectivity index (χ2n) is 7.09. The van der Waals surface area contributed by atoms with Crippen LogP contribution in [0.2, 0.25) is 0 Å². The molecule has 2 heterocycles. The second kappa shape index (κ2) is 10.5. The molecule has 1 fully saturated rings. The minimum atomic E-state index is 0.0277. The van der Waals surface area contributed by atoms with Crippen LogP contribution in [-0.2, 0) is 11.3 Å². The lowest BCUT2D eigenvalue weighted by Gasteiger charge is -2.19. The average molecular weight is 396 g/mol. The fourth-order valence-electron chi connectivity index (χ4n) is 3.41. The van der Waals surface area contributed by atoms with Crippen LogP contribution < -0.4 is 21.1 Å². The Hall–Kier alpha value is -3.09. The first-order valence-electron chi connectivity index (χ1n) is 10.2. The highest BCUT2D eigenvalue weighted by molar-refractivity contribution is 5.97. The zero-order valence-electron chi connectivity index (χ0n) is 16.9. The van der Waals surface area contributed by atoms with E-state index in [0.29, 0.717) is 26.1 Å². The summed E-state index contributed by atoms with van der Waals surface area (Å²) >= 11 is 0. The van der Waals surface area contributed by atoms with Crippen LogP contribution in [0.3, 0.4) is 0 Å². The Kier molecular flexibility index (Phi) is 7.44. The normalized spacial score (nSPS) is 16.9. The molecule has 154 valence electrons. The number of rotatable bonds is 8. The van der Waals surface area contributed by atoms with Crippen molar-refractivity contribution in [3.8, 4) is 0 Å². The lowest BCUT2D eigenvalue weighted by molar-refractivity contribution is -0.117. The Morgan fingerprint density at radius 2 is 1.90 bits per heavy atom. The Labute approximate surface area is 171 Å². The number of pyridine rings is 1. The summed E-state index contributed by atoms with van der Waals surface area (Å²) in [6.07, 6.45) is 4.04. The van der Waals surface area contributed by atoms with Gasteiger partial charge in [-0.15, -0.1) is 0 Å². The summed E-state index contributed by atoms with van der Waals surface area (Å²) in [5, 5.41) is 6.64. The maximum Gasteiger partial charge on any atom is 0.250 e. The van der Waals surface area contributed by atoms with E-state index in [1.165, 1.54) is 0 Å². The van der Waals surface area contributed by atoms with Crippen LogP contribution in [0.4, 0.5) is 5.69 Å². The number of nitrogens with one attached hydrogen (secondary N) is 2. The molecule has 0 spiro atoms. The highest BCUT2D eigenvalue weighted by Gasteiger charge is 2.30. The number of carbonyl (C=O) groups is 1. The van der Waals surface area contributed by atoms with Crippen molar-refractivity contribution >= 4 is 17.6 Å². The molecule has 1 amide bonds. The fraction of sp³-hybridized carbons (Fsp3) is 0.409. The third-order valence-corrected chi connectivity index (χ3v) is 4.85. The Morgan fingerprint density at radius 3 is 2.66 bits per heavy atom. The number of aliphatic imine (C=N–C) groups is 1. The third-order valence-electron chi connectivity index (χ3n) is 4.85. The van der Waals surface area contributed by atoms with Crippen LogP contribution in [0, 0.1) is 0 Å². The molecule has 1 aromatic carbocycles. The molecular weight excluding hydrogens is 366 g/mol. The maximum absolute atomic E-state index is 12.4. The fourth-order valence-corrected chi connectivity index (χ4v) is 3.41. The van der Waals surface area contributed by atoms with E-state index in [9.17, 15) is 9.59 Å². The number of carbonyl (C=O) groups excluding carboxylic acids is 1. The summed E-state index contributed by atoms with van der Waals surface area (Å²) in [6, 6.07) is 15.0. The lowest BCUT2D eigenvalue weighted by Crippen LogP contribution is -2.44. The van der Waals surface area contributed by atoms with Gasteiger partial charge in [0.25, 0.3) is 0 Å². The molecule has 1 aliphatic rings. The molecule has 1 atom stereocenters. The number of guanidine groups is 1. The summed E-state index contributed by atoms with van der Waals surface area (Å²) < 4.78 is 1.72. The van der Waals surface area contributed by atoms with Crippen LogP contribution >= 0.6 is 0 Å². The molecule has 7 heteroatoms. The molecule has 1 unspecified atom stereocenters. The molecular formula is C22H29N5O2. The second-order valence-corrected chi connectivity index (χ2v) is 7.09. The first-order valence-corrected chi connectivity index (χ1v) is 10.2. The first-order chi connectivity index (χ1) is 14.2. The van der Waals surface area contributed by atoms with Crippen molar-refractivity contribution in [3.05, 3.63) is 65.1 Å². The van der Waals surface area contributed by atoms with Crippen LogP contribution in [0.25, 0.3) is 0 Å². The van der Waals surface area contributed by atoms with Gasteiger partial charge in [0, 0.05) is 50.6 Å². The van der Waals surface area contributed by atoms with Gasteiger partial charge in [0.05, 0.1) is 6.04 Å². The Morgan fingerprint density at radius 1 is 1.10 bits per heavy atom. The molecule has 3 rings (SSSR count). The number of aromatic nitrogens is 1. The molecule has 1 saturated heterocycles. The number of unbranched alkanes of at least 4 members (excludes halogenated alkanes) is 1. The summed E-state index contributed by atoms with van der Waals surface area (Å²) in [7, 11) is 0. The van der Waals surface area contributed by atoms with Gasteiger partial charge in [-0.1, -0.05) is 24.3 Å². The smallest absolute Gasteiger partial charge is 0.250 e. The van der Waals surface area contributed by atoms with E-state index in [4.69, 9.17) is 0 Å².